The zero-order valence-corrected chi connectivity index (χ0v) is 17.0. The Labute approximate surface area is 175 Å². The molecule has 1 aromatic carbocycles. The van der Waals surface area contributed by atoms with Crippen LogP contribution in [0.5, 0.6) is 10.9 Å². The maximum absolute atomic E-state index is 12.9. The third kappa shape index (κ3) is 3.37. The first-order valence-electron chi connectivity index (χ1n) is 9.54. The Kier molecular flexibility index (Phi) is 4.59. The number of rotatable bonds is 3. The number of aromatic nitrogens is 2. The molecule has 1 aliphatic heterocycles. The number of piperazine rings is 1. The lowest BCUT2D eigenvalue weighted by molar-refractivity contribution is -0.130. The first-order valence-corrected chi connectivity index (χ1v) is 10.4. The smallest absolute Gasteiger partial charge is 0.281 e. The van der Waals surface area contributed by atoms with Gasteiger partial charge in [-0.2, -0.15) is 4.98 Å². The Balaban J connectivity index is 1.34. The molecule has 152 valence electrons. The second-order valence-electron chi connectivity index (χ2n) is 7.01. The van der Waals surface area contributed by atoms with Gasteiger partial charge in [0.25, 0.3) is 11.1 Å². The van der Waals surface area contributed by atoms with Crippen LogP contribution in [0.1, 0.15) is 17.3 Å². The van der Waals surface area contributed by atoms with Gasteiger partial charge in [0, 0.05) is 50.8 Å². The lowest BCUT2D eigenvalue weighted by atomic mass is 10.1. The largest absolute Gasteiger partial charge is 0.463 e. The highest BCUT2D eigenvalue weighted by molar-refractivity contribution is 7.20. The van der Waals surface area contributed by atoms with Crippen LogP contribution in [-0.4, -0.2) is 57.8 Å². The fourth-order valence-corrected chi connectivity index (χ4v) is 4.32. The van der Waals surface area contributed by atoms with E-state index in [9.17, 15) is 9.59 Å². The van der Waals surface area contributed by atoms with Gasteiger partial charge in [0.2, 0.25) is 5.91 Å². The van der Waals surface area contributed by atoms with Gasteiger partial charge < -0.3 is 19.0 Å². The Bertz CT molecular complexity index is 1220. The lowest BCUT2D eigenvalue weighted by Crippen LogP contribution is -2.50. The van der Waals surface area contributed by atoms with E-state index in [1.54, 1.807) is 35.1 Å². The molecular formula is C21H18N4O4S. The number of amides is 2. The van der Waals surface area contributed by atoms with Gasteiger partial charge in [0.1, 0.15) is 17.6 Å². The summed E-state index contributed by atoms with van der Waals surface area (Å²) >= 11 is 1.41. The molecule has 0 N–H and O–H groups in total. The van der Waals surface area contributed by atoms with Crippen molar-refractivity contribution in [1.82, 2.24) is 19.8 Å². The minimum Gasteiger partial charge on any atom is -0.463 e. The molecule has 0 spiro atoms. The molecule has 0 unspecified atom stereocenters. The van der Waals surface area contributed by atoms with Crippen LogP contribution in [0.4, 0.5) is 0 Å². The number of fused-ring (bicyclic) bond motifs is 2. The highest BCUT2D eigenvalue weighted by atomic mass is 32.1. The van der Waals surface area contributed by atoms with Crippen LogP contribution in [0.3, 0.4) is 0 Å². The van der Waals surface area contributed by atoms with Gasteiger partial charge >= 0.3 is 0 Å². The van der Waals surface area contributed by atoms with Crippen molar-refractivity contribution >= 4 is 44.5 Å². The fraction of sp³-hybridized carbons (Fsp3) is 0.238. The van der Waals surface area contributed by atoms with Crippen molar-refractivity contribution < 1.29 is 18.7 Å². The van der Waals surface area contributed by atoms with Gasteiger partial charge in [-0.05, 0) is 24.3 Å². The van der Waals surface area contributed by atoms with Gasteiger partial charge in [-0.1, -0.05) is 11.3 Å². The number of carbonyl (C=O) groups excluding carboxylic acids is 2. The molecule has 3 aromatic heterocycles. The summed E-state index contributed by atoms with van der Waals surface area (Å²) in [7, 11) is 0. The van der Waals surface area contributed by atoms with E-state index in [0.717, 1.165) is 10.1 Å². The molecule has 4 heterocycles. The predicted octanol–water partition coefficient (Wildman–Crippen LogP) is 3.53. The standard InChI is InChI=1S/C21H18N4O4S/c1-13(26)24-7-9-25(10-8-24)20(27)16-12-28-17-11-14(4-5-15(16)17)29-21-23-19-18(30-21)3-2-6-22-19/h2-6,11-12H,7-10H2,1H3. The Hall–Kier alpha value is -3.46. The van der Waals surface area contributed by atoms with Gasteiger partial charge in [-0.25, -0.2) is 4.98 Å². The van der Waals surface area contributed by atoms with Crippen molar-refractivity contribution in [2.45, 2.75) is 6.92 Å². The molecule has 0 bridgehead atoms. The van der Waals surface area contributed by atoms with Crippen LogP contribution in [0.25, 0.3) is 21.3 Å². The van der Waals surface area contributed by atoms with Gasteiger partial charge in [-0.3, -0.25) is 9.59 Å². The Morgan fingerprint density at radius 2 is 1.93 bits per heavy atom. The van der Waals surface area contributed by atoms with Crippen molar-refractivity contribution in [3.05, 3.63) is 48.4 Å². The van der Waals surface area contributed by atoms with E-state index in [2.05, 4.69) is 9.97 Å². The summed E-state index contributed by atoms with van der Waals surface area (Å²) in [5, 5.41) is 1.22. The van der Waals surface area contributed by atoms with E-state index in [0.29, 0.717) is 53.9 Å². The van der Waals surface area contributed by atoms with Crippen LogP contribution in [0.15, 0.2) is 47.2 Å². The van der Waals surface area contributed by atoms with Crippen molar-refractivity contribution in [2.24, 2.45) is 0 Å². The number of benzene rings is 1. The lowest BCUT2D eigenvalue weighted by Gasteiger charge is -2.34. The maximum Gasteiger partial charge on any atom is 0.281 e. The number of hydrogen-bond acceptors (Lipinski definition) is 7. The number of pyridine rings is 1. The average Bonchev–Trinajstić information content (AvgIpc) is 3.36. The maximum atomic E-state index is 12.9. The molecule has 0 aliphatic carbocycles. The Morgan fingerprint density at radius 3 is 2.70 bits per heavy atom. The van der Waals surface area contributed by atoms with Crippen molar-refractivity contribution in [2.75, 3.05) is 26.2 Å². The van der Waals surface area contributed by atoms with Crippen LogP contribution in [0.2, 0.25) is 0 Å². The third-order valence-electron chi connectivity index (χ3n) is 5.14. The second kappa shape index (κ2) is 7.42. The first kappa shape index (κ1) is 18.6. The summed E-state index contributed by atoms with van der Waals surface area (Å²) in [6.45, 7) is 3.67. The zero-order valence-electron chi connectivity index (χ0n) is 16.2. The SMILES string of the molecule is CC(=O)N1CCN(C(=O)c2coc3cc(Oc4nc5ncccc5s4)ccc23)CC1. The average molecular weight is 422 g/mol. The molecule has 2 amide bonds. The number of thiazole rings is 1. The van der Waals surface area contributed by atoms with Crippen LogP contribution >= 0.6 is 11.3 Å². The van der Waals surface area contributed by atoms with E-state index < -0.39 is 0 Å². The summed E-state index contributed by atoms with van der Waals surface area (Å²) in [4.78, 5) is 36.5. The van der Waals surface area contributed by atoms with E-state index in [1.165, 1.54) is 17.6 Å². The van der Waals surface area contributed by atoms with Crippen LogP contribution < -0.4 is 4.74 Å². The van der Waals surface area contributed by atoms with E-state index in [4.69, 9.17) is 9.15 Å². The summed E-state index contributed by atoms with van der Waals surface area (Å²) in [6, 6.07) is 9.16. The number of hydrogen-bond donors (Lipinski definition) is 0. The second-order valence-corrected chi connectivity index (χ2v) is 8.01. The minimum atomic E-state index is -0.0946. The fourth-order valence-electron chi connectivity index (χ4n) is 3.53. The highest BCUT2D eigenvalue weighted by Crippen LogP contribution is 2.33. The number of ether oxygens (including phenoxy) is 1. The van der Waals surface area contributed by atoms with Gasteiger partial charge in [-0.15, -0.1) is 0 Å². The minimum absolute atomic E-state index is 0.0345. The molecule has 1 saturated heterocycles. The number of nitrogens with zero attached hydrogens (tertiary/aromatic N) is 4. The molecule has 1 aliphatic rings. The van der Waals surface area contributed by atoms with Crippen molar-refractivity contribution in [1.29, 1.82) is 0 Å². The van der Waals surface area contributed by atoms with Crippen molar-refractivity contribution in [3.63, 3.8) is 0 Å². The Morgan fingerprint density at radius 1 is 1.13 bits per heavy atom. The van der Waals surface area contributed by atoms with Gasteiger partial charge in [0.15, 0.2) is 5.65 Å². The molecule has 9 heteroatoms. The molecule has 0 radical (unpaired) electrons. The molecule has 30 heavy (non-hydrogen) atoms. The third-order valence-corrected chi connectivity index (χ3v) is 6.03. The molecular weight excluding hydrogens is 404 g/mol. The molecule has 4 aromatic rings. The van der Waals surface area contributed by atoms with Gasteiger partial charge in [0.05, 0.1) is 10.3 Å². The quantitative estimate of drug-likeness (QED) is 0.502. The molecule has 0 atom stereocenters. The predicted molar refractivity (Wildman–Crippen MR) is 112 cm³/mol. The summed E-state index contributed by atoms with van der Waals surface area (Å²) < 4.78 is 12.5. The number of furan rings is 1. The molecule has 5 rings (SSSR count). The summed E-state index contributed by atoms with van der Waals surface area (Å²) in [5.41, 5.74) is 1.73. The normalized spacial score (nSPS) is 14.4. The zero-order chi connectivity index (χ0) is 20.7. The monoisotopic (exact) mass is 422 g/mol. The van der Waals surface area contributed by atoms with E-state index in [1.807, 2.05) is 18.2 Å². The van der Waals surface area contributed by atoms with E-state index in [-0.39, 0.29) is 11.8 Å². The van der Waals surface area contributed by atoms with Crippen LogP contribution in [0, 0.1) is 0 Å². The summed E-state index contributed by atoms with van der Waals surface area (Å²) in [5.74, 6) is 0.514. The first-order chi connectivity index (χ1) is 14.6. The van der Waals surface area contributed by atoms with E-state index >= 15 is 0 Å². The number of carbonyl (C=O) groups is 2. The molecule has 0 saturated carbocycles. The molecule has 8 nitrogen and oxygen atoms in total. The highest BCUT2D eigenvalue weighted by Gasteiger charge is 2.25. The van der Waals surface area contributed by atoms with Crippen molar-refractivity contribution in [3.8, 4) is 10.9 Å². The van der Waals surface area contributed by atoms with Crippen LogP contribution in [-0.2, 0) is 4.79 Å². The summed E-state index contributed by atoms with van der Waals surface area (Å²) in [6.07, 6.45) is 3.18. The molecule has 1 fully saturated rings. The topological polar surface area (TPSA) is 88.8 Å².